The topological polar surface area (TPSA) is 74.2 Å². The number of halogens is 1. The number of benzene rings is 1. The van der Waals surface area contributed by atoms with Gasteiger partial charge in [0.1, 0.15) is 0 Å². The van der Waals surface area contributed by atoms with E-state index in [4.69, 9.17) is 11.6 Å². The number of hydrogen-bond donors (Lipinski definition) is 3. The van der Waals surface area contributed by atoms with Gasteiger partial charge in [0.15, 0.2) is 0 Å². The SMILES string of the molecule is CC(C)Nc1cc2ncc(C(=O)NC3CCC(C(C)(C)O)CC3)cc2cc1Cl.[HH]. The molecule has 1 aliphatic carbocycles. The van der Waals surface area contributed by atoms with E-state index in [0.29, 0.717) is 16.5 Å². The van der Waals surface area contributed by atoms with Crippen LogP contribution in [0.5, 0.6) is 0 Å². The van der Waals surface area contributed by atoms with Crippen LogP contribution in [0.25, 0.3) is 10.9 Å². The zero-order valence-corrected chi connectivity index (χ0v) is 17.8. The Labute approximate surface area is 173 Å². The summed E-state index contributed by atoms with van der Waals surface area (Å²) in [6.07, 6.45) is 5.24. The van der Waals surface area contributed by atoms with E-state index >= 15 is 0 Å². The summed E-state index contributed by atoms with van der Waals surface area (Å²) in [6.45, 7) is 7.84. The highest BCUT2D eigenvalue weighted by Gasteiger charge is 2.31. The minimum atomic E-state index is -0.653. The summed E-state index contributed by atoms with van der Waals surface area (Å²) in [6, 6.07) is 6.01. The molecule has 2 aromatic rings. The fourth-order valence-electron chi connectivity index (χ4n) is 3.91. The summed E-state index contributed by atoms with van der Waals surface area (Å²) in [4.78, 5) is 17.1. The Kier molecular flexibility index (Phi) is 6.15. The van der Waals surface area contributed by atoms with Crippen molar-refractivity contribution >= 4 is 34.1 Å². The zero-order chi connectivity index (χ0) is 20.5. The zero-order valence-electron chi connectivity index (χ0n) is 17.1. The summed E-state index contributed by atoms with van der Waals surface area (Å²) < 4.78 is 0. The molecule has 154 valence electrons. The van der Waals surface area contributed by atoms with Crippen molar-refractivity contribution < 1.29 is 11.3 Å². The normalized spacial score (nSPS) is 20.4. The van der Waals surface area contributed by atoms with Crippen LogP contribution in [0.15, 0.2) is 24.4 Å². The van der Waals surface area contributed by atoms with Crippen LogP contribution >= 0.6 is 11.6 Å². The average molecular weight is 406 g/mol. The summed E-state index contributed by atoms with van der Waals surface area (Å²) in [5, 5.41) is 18.0. The van der Waals surface area contributed by atoms with E-state index in [0.717, 1.165) is 42.3 Å². The lowest BCUT2D eigenvalue weighted by Gasteiger charge is -2.36. The van der Waals surface area contributed by atoms with Gasteiger partial charge in [-0.1, -0.05) is 11.6 Å². The molecule has 1 aliphatic rings. The lowest BCUT2D eigenvalue weighted by Crippen LogP contribution is -2.41. The van der Waals surface area contributed by atoms with Gasteiger partial charge in [0.25, 0.3) is 5.91 Å². The Morgan fingerprint density at radius 1 is 1.25 bits per heavy atom. The minimum absolute atomic E-state index is 0. The highest BCUT2D eigenvalue weighted by Crippen LogP contribution is 2.33. The number of hydrogen-bond acceptors (Lipinski definition) is 4. The Bertz CT molecular complexity index is 859. The molecule has 0 saturated heterocycles. The largest absolute Gasteiger partial charge is 0.390 e. The van der Waals surface area contributed by atoms with Crippen molar-refractivity contribution in [3.05, 3.63) is 35.0 Å². The van der Waals surface area contributed by atoms with Crippen molar-refractivity contribution in [3.63, 3.8) is 0 Å². The van der Waals surface area contributed by atoms with Gasteiger partial charge in [-0.2, -0.15) is 0 Å². The molecule has 5 nitrogen and oxygen atoms in total. The average Bonchev–Trinajstić information content (AvgIpc) is 2.61. The Morgan fingerprint density at radius 3 is 2.54 bits per heavy atom. The molecule has 1 fully saturated rings. The third-order valence-electron chi connectivity index (χ3n) is 5.54. The maximum atomic E-state index is 12.7. The highest BCUT2D eigenvalue weighted by molar-refractivity contribution is 6.34. The Hall–Kier alpha value is -1.85. The quantitative estimate of drug-likeness (QED) is 0.653. The number of nitrogens with zero attached hydrogens (tertiary/aromatic N) is 1. The first-order chi connectivity index (χ1) is 13.1. The van der Waals surface area contributed by atoms with Crippen LogP contribution in [0.4, 0.5) is 5.69 Å². The number of aromatic nitrogens is 1. The molecule has 0 bridgehead atoms. The van der Waals surface area contributed by atoms with Crippen molar-refractivity contribution in [3.8, 4) is 0 Å². The highest BCUT2D eigenvalue weighted by atomic mass is 35.5. The van der Waals surface area contributed by atoms with E-state index in [9.17, 15) is 9.90 Å². The molecule has 1 aromatic carbocycles. The van der Waals surface area contributed by atoms with Gasteiger partial charge in [-0.15, -0.1) is 0 Å². The lowest BCUT2D eigenvalue weighted by atomic mass is 9.77. The van der Waals surface area contributed by atoms with Gasteiger partial charge in [0.2, 0.25) is 0 Å². The molecule has 3 N–H and O–H groups in total. The van der Waals surface area contributed by atoms with Gasteiger partial charge in [0, 0.05) is 25.1 Å². The molecule has 1 amide bonds. The predicted octanol–water partition coefficient (Wildman–Crippen LogP) is 5.01. The monoisotopic (exact) mass is 405 g/mol. The molecular weight excluding hydrogens is 374 g/mol. The maximum absolute atomic E-state index is 12.7. The van der Waals surface area contributed by atoms with Crippen molar-refractivity contribution in [2.75, 3.05) is 5.32 Å². The third-order valence-corrected chi connectivity index (χ3v) is 5.85. The van der Waals surface area contributed by atoms with Gasteiger partial charge in [-0.05, 0) is 77.5 Å². The van der Waals surface area contributed by atoms with E-state index < -0.39 is 5.60 Å². The van der Waals surface area contributed by atoms with Crippen LogP contribution in [-0.2, 0) is 0 Å². The Balaban J connectivity index is 0.00000300. The molecule has 0 radical (unpaired) electrons. The first-order valence-electron chi connectivity index (χ1n) is 10.0. The third kappa shape index (κ3) is 4.95. The molecule has 1 heterocycles. The number of aliphatic hydroxyl groups is 1. The number of nitrogens with one attached hydrogen (secondary N) is 2. The number of pyridine rings is 1. The first-order valence-corrected chi connectivity index (χ1v) is 10.4. The second-order valence-corrected chi connectivity index (χ2v) is 9.13. The van der Waals surface area contributed by atoms with E-state index in [-0.39, 0.29) is 19.4 Å². The van der Waals surface area contributed by atoms with Crippen molar-refractivity contribution in [2.24, 2.45) is 5.92 Å². The fourth-order valence-corrected chi connectivity index (χ4v) is 4.13. The molecule has 0 atom stereocenters. The van der Waals surface area contributed by atoms with E-state index in [1.807, 2.05) is 32.0 Å². The van der Waals surface area contributed by atoms with Crippen LogP contribution < -0.4 is 10.6 Å². The van der Waals surface area contributed by atoms with Gasteiger partial charge in [-0.3, -0.25) is 9.78 Å². The molecular formula is C22H32ClN3O2. The van der Waals surface area contributed by atoms with Crippen molar-refractivity contribution in [1.82, 2.24) is 10.3 Å². The lowest BCUT2D eigenvalue weighted by molar-refractivity contribution is -0.00257. The van der Waals surface area contributed by atoms with Gasteiger partial charge in [-0.25, -0.2) is 0 Å². The summed E-state index contributed by atoms with van der Waals surface area (Å²) in [5.74, 6) is 0.181. The summed E-state index contributed by atoms with van der Waals surface area (Å²) >= 11 is 6.37. The molecule has 0 aliphatic heterocycles. The van der Waals surface area contributed by atoms with E-state index in [2.05, 4.69) is 29.5 Å². The number of carbonyl (C=O) groups is 1. The van der Waals surface area contributed by atoms with Gasteiger partial charge < -0.3 is 15.7 Å². The standard InChI is InChI=1S/C22H30ClN3O2.H2/c1-13(2)25-20-11-19-14(10-18(20)23)9-15(12-24-19)21(27)26-17-7-5-16(6-8-17)22(3,4)28;/h9-13,16-17,25,28H,5-8H2,1-4H3,(H,26,27);1H. The summed E-state index contributed by atoms with van der Waals surface area (Å²) in [7, 11) is 0. The number of rotatable bonds is 5. The molecule has 0 unspecified atom stereocenters. The number of amides is 1. The van der Waals surface area contributed by atoms with Crippen LogP contribution in [0.3, 0.4) is 0 Å². The van der Waals surface area contributed by atoms with Gasteiger partial charge >= 0.3 is 0 Å². The fraction of sp³-hybridized carbons (Fsp3) is 0.545. The molecule has 28 heavy (non-hydrogen) atoms. The second-order valence-electron chi connectivity index (χ2n) is 8.72. The minimum Gasteiger partial charge on any atom is -0.390 e. The van der Waals surface area contributed by atoms with Crippen LogP contribution in [-0.4, -0.2) is 33.7 Å². The second kappa shape index (κ2) is 8.26. The molecule has 6 heteroatoms. The van der Waals surface area contributed by atoms with Crippen molar-refractivity contribution in [1.29, 1.82) is 0 Å². The van der Waals surface area contributed by atoms with E-state index in [1.165, 1.54) is 0 Å². The maximum Gasteiger partial charge on any atom is 0.253 e. The molecule has 1 saturated carbocycles. The van der Waals surface area contributed by atoms with Crippen LogP contribution in [0.2, 0.25) is 5.02 Å². The summed E-state index contributed by atoms with van der Waals surface area (Å²) in [5.41, 5.74) is 1.53. The number of anilines is 1. The molecule has 1 aromatic heterocycles. The van der Waals surface area contributed by atoms with Crippen molar-refractivity contribution in [2.45, 2.75) is 71.1 Å². The number of fused-ring (bicyclic) bond motifs is 1. The number of carbonyl (C=O) groups excluding carboxylic acids is 1. The van der Waals surface area contributed by atoms with Crippen LogP contribution in [0, 0.1) is 5.92 Å². The van der Waals surface area contributed by atoms with E-state index in [1.54, 1.807) is 6.20 Å². The predicted molar refractivity (Wildman–Crippen MR) is 117 cm³/mol. The molecule has 3 rings (SSSR count). The molecule has 0 spiro atoms. The van der Waals surface area contributed by atoms with Gasteiger partial charge in [0.05, 0.1) is 27.4 Å². The first kappa shape index (κ1) is 20.9. The smallest absolute Gasteiger partial charge is 0.253 e. The Morgan fingerprint density at radius 2 is 1.93 bits per heavy atom. The van der Waals surface area contributed by atoms with Crippen LogP contribution in [0.1, 0.15) is 65.2 Å².